The van der Waals surface area contributed by atoms with E-state index in [1.807, 2.05) is 64.1 Å². The maximum atomic E-state index is 12.4. The molecule has 0 aliphatic heterocycles. The number of anilines is 1. The molecule has 0 atom stereocenters. The van der Waals surface area contributed by atoms with Crippen LogP contribution in [0.4, 0.5) is 5.69 Å². The molecule has 1 amide bonds. The number of hydrogen-bond donors (Lipinski definition) is 1. The molecule has 122 valence electrons. The Morgan fingerprint density at radius 2 is 1.71 bits per heavy atom. The van der Waals surface area contributed by atoms with E-state index in [0.717, 1.165) is 28.3 Å². The topological polar surface area (TPSA) is 59.8 Å². The van der Waals surface area contributed by atoms with Crippen LogP contribution in [0.3, 0.4) is 0 Å². The molecular formula is C19H20N4O. The van der Waals surface area contributed by atoms with Gasteiger partial charge in [-0.15, -0.1) is 0 Å². The Bertz CT molecular complexity index is 874. The van der Waals surface area contributed by atoms with Crippen LogP contribution in [0.25, 0.3) is 5.82 Å². The van der Waals surface area contributed by atoms with Crippen molar-refractivity contribution < 1.29 is 4.79 Å². The number of nitrogens with zero attached hydrogens (tertiary/aromatic N) is 3. The molecule has 2 aromatic heterocycles. The molecule has 0 aliphatic carbocycles. The molecule has 3 rings (SSSR count). The number of carbonyl (C=O) groups is 1. The Labute approximate surface area is 141 Å². The minimum absolute atomic E-state index is 0.137. The summed E-state index contributed by atoms with van der Waals surface area (Å²) < 4.78 is 1.78. The molecule has 0 radical (unpaired) electrons. The lowest BCUT2D eigenvalue weighted by atomic mass is 10.1. The van der Waals surface area contributed by atoms with E-state index < -0.39 is 0 Å². The molecule has 0 bridgehead atoms. The first-order chi connectivity index (χ1) is 11.4. The average molecular weight is 320 g/mol. The van der Waals surface area contributed by atoms with Crippen LogP contribution in [-0.4, -0.2) is 20.7 Å². The minimum atomic E-state index is -0.137. The van der Waals surface area contributed by atoms with Crippen molar-refractivity contribution >= 4 is 11.6 Å². The molecule has 0 saturated heterocycles. The van der Waals surface area contributed by atoms with Crippen molar-refractivity contribution in [2.45, 2.75) is 27.7 Å². The molecule has 24 heavy (non-hydrogen) atoms. The molecule has 3 aromatic rings. The summed E-state index contributed by atoms with van der Waals surface area (Å²) in [6, 6.07) is 11.5. The molecule has 0 fully saturated rings. The third-order valence-electron chi connectivity index (χ3n) is 3.72. The minimum Gasteiger partial charge on any atom is -0.321 e. The summed E-state index contributed by atoms with van der Waals surface area (Å²) in [6.07, 6.45) is 1.65. The van der Waals surface area contributed by atoms with Crippen molar-refractivity contribution in [2.75, 3.05) is 5.32 Å². The van der Waals surface area contributed by atoms with Crippen LogP contribution in [0.1, 0.15) is 32.9 Å². The Hall–Kier alpha value is -2.95. The van der Waals surface area contributed by atoms with Gasteiger partial charge in [0.2, 0.25) is 0 Å². The maximum absolute atomic E-state index is 12.4. The van der Waals surface area contributed by atoms with Crippen molar-refractivity contribution in [3.8, 4) is 5.82 Å². The maximum Gasteiger partial charge on any atom is 0.255 e. The number of aryl methyl sites for hydroxylation is 4. The third kappa shape index (κ3) is 3.35. The van der Waals surface area contributed by atoms with Crippen LogP contribution in [0.5, 0.6) is 0 Å². The van der Waals surface area contributed by atoms with E-state index in [9.17, 15) is 4.79 Å². The second kappa shape index (κ2) is 6.28. The molecule has 5 nitrogen and oxygen atoms in total. The molecule has 1 N–H and O–H groups in total. The van der Waals surface area contributed by atoms with Crippen LogP contribution in [0, 0.1) is 27.7 Å². The SMILES string of the molecule is Cc1cc(C)cc(C(=O)Nc2ccc(-n3nc(C)cc3C)nc2)c1. The summed E-state index contributed by atoms with van der Waals surface area (Å²) in [5.74, 6) is 0.590. The van der Waals surface area contributed by atoms with Gasteiger partial charge in [0.15, 0.2) is 5.82 Å². The van der Waals surface area contributed by atoms with Gasteiger partial charge in [-0.2, -0.15) is 5.10 Å². The number of amides is 1. The monoisotopic (exact) mass is 320 g/mol. The van der Waals surface area contributed by atoms with Gasteiger partial charge in [0.05, 0.1) is 17.6 Å². The lowest BCUT2D eigenvalue weighted by molar-refractivity contribution is 0.102. The molecule has 2 heterocycles. The van der Waals surface area contributed by atoms with E-state index in [1.54, 1.807) is 10.9 Å². The Balaban J connectivity index is 1.79. The standard InChI is InChI=1S/C19H20N4O/c1-12-7-13(2)9-16(8-12)19(24)21-17-5-6-18(20-11-17)23-15(4)10-14(3)22-23/h5-11H,1-4H3,(H,21,24). The van der Waals surface area contributed by atoms with Crippen molar-refractivity contribution in [1.29, 1.82) is 0 Å². The fourth-order valence-corrected chi connectivity index (χ4v) is 2.76. The van der Waals surface area contributed by atoms with Crippen molar-refractivity contribution in [2.24, 2.45) is 0 Å². The van der Waals surface area contributed by atoms with Gasteiger partial charge >= 0.3 is 0 Å². The predicted octanol–water partition coefficient (Wildman–Crippen LogP) is 3.75. The second-order valence-corrected chi connectivity index (χ2v) is 6.07. The highest BCUT2D eigenvalue weighted by Crippen LogP contribution is 2.15. The van der Waals surface area contributed by atoms with Crippen LogP contribution < -0.4 is 5.32 Å². The zero-order chi connectivity index (χ0) is 17.3. The van der Waals surface area contributed by atoms with Crippen molar-refractivity contribution in [3.63, 3.8) is 0 Å². The van der Waals surface area contributed by atoms with E-state index in [-0.39, 0.29) is 5.91 Å². The number of pyridine rings is 1. The van der Waals surface area contributed by atoms with E-state index in [0.29, 0.717) is 11.3 Å². The normalized spacial score (nSPS) is 10.7. The summed E-state index contributed by atoms with van der Waals surface area (Å²) >= 11 is 0. The lowest BCUT2D eigenvalue weighted by Crippen LogP contribution is -2.13. The number of carbonyl (C=O) groups excluding carboxylic acids is 1. The highest BCUT2D eigenvalue weighted by atomic mass is 16.1. The summed E-state index contributed by atoms with van der Waals surface area (Å²) in [6.45, 7) is 7.89. The molecule has 0 unspecified atom stereocenters. The molecule has 0 spiro atoms. The largest absolute Gasteiger partial charge is 0.321 e. The average Bonchev–Trinajstić information content (AvgIpc) is 2.85. The predicted molar refractivity (Wildman–Crippen MR) is 94.7 cm³/mol. The molecular weight excluding hydrogens is 300 g/mol. The summed E-state index contributed by atoms with van der Waals surface area (Å²) in [5, 5.41) is 7.28. The number of benzene rings is 1. The molecule has 5 heteroatoms. The summed E-state index contributed by atoms with van der Waals surface area (Å²) in [4.78, 5) is 16.8. The van der Waals surface area contributed by atoms with Crippen LogP contribution in [0.2, 0.25) is 0 Å². The quantitative estimate of drug-likeness (QED) is 0.799. The van der Waals surface area contributed by atoms with Crippen LogP contribution in [-0.2, 0) is 0 Å². The van der Waals surface area contributed by atoms with Gasteiger partial charge < -0.3 is 5.32 Å². The molecule has 0 aliphatic rings. The fourth-order valence-electron chi connectivity index (χ4n) is 2.76. The zero-order valence-electron chi connectivity index (χ0n) is 14.3. The van der Waals surface area contributed by atoms with Gasteiger partial charge in [0.1, 0.15) is 0 Å². The van der Waals surface area contributed by atoms with E-state index >= 15 is 0 Å². The first-order valence-corrected chi connectivity index (χ1v) is 7.82. The highest BCUT2D eigenvalue weighted by Gasteiger charge is 2.09. The number of aromatic nitrogens is 3. The Kier molecular flexibility index (Phi) is 4.16. The smallest absolute Gasteiger partial charge is 0.255 e. The van der Waals surface area contributed by atoms with Crippen LogP contribution in [0.15, 0.2) is 42.6 Å². The zero-order valence-corrected chi connectivity index (χ0v) is 14.3. The molecule has 0 saturated carbocycles. The third-order valence-corrected chi connectivity index (χ3v) is 3.72. The van der Waals surface area contributed by atoms with Crippen molar-refractivity contribution in [3.05, 3.63) is 70.7 Å². The lowest BCUT2D eigenvalue weighted by Gasteiger charge is -2.08. The van der Waals surface area contributed by atoms with Gasteiger partial charge in [-0.3, -0.25) is 4.79 Å². The van der Waals surface area contributed by atoms with E-state index in [1.165, 1.54) is 0 Å². The Morgan fingerprint density at radius 3 is 2.25 bits per heavy atom. The van der Waals surface area contributed by atoms with Gasteiger partial charge in [0.25, 0.3) is 5.91 Å². The second-order valence-electron chi connectivity index (χ2n) is 6.07. The van der Waals surface area contributed by atoms with E-state index in [4.69, 9.17) is 0 Å². The number of rotatable bonds is 3. The van der Waals surface area contributed by atoms with Gasteiger partial charge in [0, 0.05) is 11.3 Å². The number of hydrogen-bond acceptors (Lipinski definition) is 3. The van der Waals surface area contributed by atoms with Gasteiger partial charge in [-0.05, 0) is 58.0 Å². The fraction of sp³-hybridized carbons (Fsp3) is 0.211. The van der Waals surface area contributed by atoms with Crippen LogP contribution >= 0.6 is 0 Å². The first kappa shape index (κ1) is 15.9. The van der Waals surface area contributed by atoms with Gasteiger partial charge in [-0.1, -0.05) is 17.2 Å². The highest BCUT2D eigenvalue weighted by molar-refractivity contribution is 6.04. The van der Waals surface area contributed by atoms with Crippen molar-refractivity contribution in [1.82, 2.24) is 14.8 Å². The van der Waals surface area contributed by atoms with E-state index in [2.05, 4.69) is 15.4 Å². The summed E-state index contributed by atoms with van der Waals surface area (Å²) in [5.41, 5.74) is 5.41. The van der Waals surface area contributed by atoms with Gasteiger partial charge in [-0.25, -0.2) is 9.67 Å². The number of nitrogens with one attached hydrogen (secondary N) is 1. The summed E-state index contributed by atoms with van der Waals surface area (Å²) in [7, 11) is 0. The Morgan fingerprint density at radius 1 is 1.00 bits per heavy atom. The first-order valence-electron chi connectivity index (χ1n) is 7.82. The molecule has 1 aromatic carbocycles.